The zero-order chi connectivity index (χ0) is 28.3. The maximum Gasteiger partial charge on any atom is 0.136 e. The predicted octanol–water partition coefficient (Wildman–Crippen LogP) is 12.0. The van der Waals surface area contributed by atoms with Gasteiger partial charge in [-0.25, -0.2) is 0 Å². The maximum atomic E-state index is 6.64. The van der Waals surface area contributed by atoms with Gasteiger partial charge in [-0.05, 0) is 95.7 Å². The number of rotatable bonds is 3. The Morgan fingerprint density at radius 2 is 0.837 bits per heavy atom. The van der Waals surface area contributed by atoms with Crippen molar-refractivity contribution in [3.05, 3.63) is 158 Å². The average molecular weight is 547 g/mol. The molecule has 1 heteroatoms. The summed E-state index contributed by atoms with van der Waals surface area (Å²) in [7, 11) is 0. The van der Waals surface area contributed by atoms with E-state index in [9.17, 15) is 0 Å². The summed E-state index contributed by atoms with van der Waals surface area (Å²) in [6.45, 7) is 0. The molecular weight excluding hydrogens is 520 g/mol. The first-order valence-electron chi connectivity index (χ1n) is 14.8. The van der Waals surface area contributed by atoms with E-state index in [1.807, 2.05) is 0 Å². The Morgan fingerprint density at radius 1 is 0.302 bits per heavy atom. The van der Waals surface area contributed by atoms with Gasteiger partial charge in [-0.15, -0.1) is 0 Å². The molecular formula is C42H26O. The first-order valence-corrected chi connectivity index (χ1v) is 14.8. The molecule has 200 valence electrons. The van der Waals surface area contributed by atoms with Gasteiger partial charge in [-0.1, -0.05) is 127 Å². The smallest absolute Gasteiger partial charge is 0.136 e. The van der Waals surface area contributed by atoms with Gasteiger partial charge in [0.15, 0.2) is 0 Å². The fourth-order valence-electron chi connectivity index (χ4n) is 6.78. The van der Waals surface area contributed by atoms with Crippen LogP contribution in [0.3, 0.4) is 0 Å². The summed E-state index contributed by atoms with van der Waals surface area (Å²) in [6.07, 6.45) is 0. The largest absolute Gasteiger partial charge is 0.456 e. The molecule has 0 unspecified atom stereocenters. The molecule has 0 aliphatic heterocycles. The zero-order valence-corrected chi connectivity index (χ0v) is 23.4. The molecule has 1 nitrogen and oxygen atoms in total. The van der Waals surface area contributed by atoms with Crippen molar-refractivity contribution in [2.24, 2.45) is 0 Å². The number of benzene rings is 8. The summed E-state index contributed by atoms with van der Waals surface area (Å²) >= 11 is 0. The van der Waals surface area contributed by atoms with Crippen LogP contribution in [0, 0.1) is 0 Å². The molecule has 0 atom stereocenters. The summed E-state index contributed by atoms with van der Waals surface area (Å²) < 4.78 is 6.64. The molecule has 0 aliphatic rings. The Bertz CT molecular complexity index is 2400. The Labute approximate surface area is 249 Å². The van der Waals surface area contributed by atoms with E-state index in [4.69, 9.17) is 4.42 Å². The second-order valence-electron chi connectivity index (χ2n) is 11.3. The first kappa shape index (κ1) is 24.0. The van der Waals surface area contributed by atoms with E-state index < -0.39 is 0 Å². The molecule has 0 fully saturated rings. The summed E-state index contributed by atoms with van der Waals surface area (Å²) in [4.78, 5) is 0. The summed E-state index contributed by atoms with van der Waals surface area (Å²) in [5.74, 6) is 0.897. The maximum absolute atomic E-state index is 6.64. The van der Waals surface area contributed by atoms with Crippen LogP contribution in [-0.2, 0) is 0 Å². The molecule has 0 aliphatic carbocycles. The van der Waals surface area contributed by atoms with Gasteiger partial charge in [0, 0.05) is 10.9 Å². The van der Waals surface area contributed by atoms with Gasteiger partial charge >= 0.3 is 0 Å². The van der Waals surface area contributed by atoms with Gasteiger partial charge in [0.25, 0.3) is 0 Å². The minimum atomic E-state index is 0.897. The molecule has 9 aromatic rings. The van der Waals surface area contributed by atoms with Crippen LogP contribution in [0.1, 0.15) is 0 Å². The molecule has 0 saturated carbocycles. The molecule has 0 spiro atoms. The lowest BCUT2D eigenvalue weighted by atomic mass is 9.87. The van der Waals surface area contributed by atoms with Crippen LogP contribution in [0.4, 0.5) is 0 Å². The van der Waals surface area contributed by atoms with Gasteiger partial charge in [0.2, 0.25) is 0 Å². The quantitative estimate of drug-likeness (QED) is 0.201. The van der Waals surface area contributed by atoms with E-state index in [1.165, 1.54) is 65.3 Å². The second-order valence-corrected chi connectivity index (χ2v) is 11.3. The Balaban J connectivity index is 1.29. The number of hydrogen-bond acceptors (Lipinski definition) is 1. The van der Waals surface area contributed by atoms with Crippen LogP contribution in [-0.4, -0.2) is 0 Å². The van der Waals surface area contributed by atoms with Crippen LogP contribution >= 0.6 is 0 Å². The standard InChI is InChI=1S/C42H26O/c1-2-11-28-22-32(21-20-27(28)10-1)30-14-9-15-33(23-30)41-35-16-5-7-18-37(35)42(38-19-8-6-17-36(38)41)40-26-34-24-29-12-3-4-13-31(29)25-39(34)43-40/h1-26H. The molecule has 0 bridgehead atoms. The van der Waals surface area contributed by atoms with E-state index in [1.54, 1.807) is 0 Å². The highest BCUT2D eigenvalue weighted by Gasteiger charge is 2.19. The van der Waals surface area contributed by atoms with E-state index >= 15 is 0 Å². The van der Waals surface area contributed by atoms with Crippen molar-refractivity contribution in [1.82, 2.24) is 0 Å². The van der Waals surface area contributed by atoms with Crippen LogP contribution < -0.4 is 0 Å². The number of furan rings is 1. The molecule has 0 N–H and O–H groups in total. The summed E-state index contributed by atoms with van der Waals surface area (Å²) in [5, 5.41) is 10.9. The topological polar surface area (TPSA) is 13.1 Å². The number of fused-ring (bicyclic) bond motifs is 5. The fraction of sp³-hybridized carbons (Fsp3) is 0. The van der Waals surface area contributed by atoms with Crippen molar-refractivity contribution < 1.29 is 4.42 Å². The van der Waals surface area contributed by atoms with Crippen LogP contribution in [0.25, 0.3) is 87.6 Å². The zero-order valence-electron chi connectivity index (χ0n) is 23.4. The predicted molar refractivity (Wildman–Crippen MR) is 183 cm³/mol. The van der Waals surface area contributed by atoms with Crippen molar-refractivity contribution in [3.63, 3.8) is 0 Å². The number of hydrogen-bond donors (Lipinski definition) is 0. The van der Waals surface area contributed by atoms with E-state index in [2.05, 4.69) is 158 Å². The third kappa shape index (κ3) is 3.86. The van der Waals surface area contributed by atoms with E-state index in [-0.39, 0.29) is 0 Å². The third-order valence-corrected chi connectivity index (χ3v) is 8.80. The lowest BCUT2D eigenvalue weighted by molar-refractivity contribution is 0.633. The minimum Gasteiger partial charge on any atom is -0.456 e. The highest BCUT2D eigenvalue weighted by molar-refractivity contribution is 6.21. The lowest BCUT2D eigenvalue weighted by Gasteiger charge is -2.17. The van der Waals surface area contributed by atoms with Crippen molar-refractivity contribution >= 4 is 54.1 Å². The Hall–Kier alpha value is -5.66. The lowest BCUT2D eigenvalue weighted by Crippen LogP contribution is -1.90. The normalized spacial score (nSPS) is 11.7. The molecule has 43 heavy (non-hydrogen) atoms. The van der Waals surface area contributed by atoms with E-state index in [0.717, 1.165) is 22.3 Å². The molecule has 8 aromatic carbocycles. The molecule has 1 aromatic heterocycles. The minimum absolute atomic E-state index is 0.897. The van der Waals surface area contributed by atoms with Crippen molar-refractivity contribution in [3.8, 4) is 33.6 Å². The molecule has 0 saturated heterocycles. The highest BCUT2D eigenvalue weighted by atomic mass is 16.3. The average Bonchev–Trinajstić information content (AvgIpc) is 3.48. The first-order chi connectivity index (χ1) is 21.3. The molecule has 9 rings (SSSR count). The highest BCUT2D eigenvalue weighted by Crippen LogP contribution is 2.45. The third-order valence-electron chi connectivity index (χ3n) is 8.80. The van der Waals surface area contributed by atoms with Crippen molar-refractivity contribution in [1.29, 1.82) is 0 Å². The summed E-state index contributed by atoms with van der Waals surface area (Å²) in [5.41, 5.74) is 6.94. The Kier molecular flexibility index (Phi) is 5.27. The monoisotopic (exact) mass is 546 g/mol. The van der Waals surface area contributed by atoms with Crippen LogP contribution in [0.15, 0.2) is 162 Å². The van der Waals surface area contributed by atoms with Gasteiger partial charge in [-0.2, -0.15) is 0 Å². The van der Waals surface area contributed by atoms with Crippen LogP contribution in [0.2, 0.25) is 0 Å². The van der Waals surface area contributed by atoms with Crippen LogP contribution in [0.5, 0.6) is 0 Å². The molecule has 1 heterocycles. The van der Waals surface area contributed by atoms with Gasteiger partial charge in [-0.3, -0.25) is 0 Å². The Morgan fingerprint density at radius 3 is 1.53 bits per heavy atom. The van der Waals surface area contributed by atoms with Gasteiger partial charge in [0.05, 0.1) is 0 Å². The SMILES string of the molecule is c1cc(-c2ccc3ccccc3c2)cc(-c2c3ccccc3c(-c3cc4cc5ccccc5cc4o3)c3ccccc23)c1. The summed E-state index contributed by atoms with van der Waals surface area (Å²) in [6, 6.07) is 56.8. The van der Waals surface area contributed by atoms with Crippen molar-refractivity contribution in [2.45, 2.75) is 0 Å². The van der Waals surface area contributed by atoms with Gasteiger partial charge in [0.1, 0.15) is 11.3 Å². The molecule has 0 amide bonds. The molecule has 0 radical (unpaired) electrons. The second kappa shape index (κ2) is 9.44. The fourth-order valence-corrected chi connectivity index (χ4v) is 6.78. The van der Waals surface area contributed by atoms with E-state index in [0.29, 0.717) is 0 Å². The van der Waals surface area contributed by atoms with Gasteiger partial charge < -0.3 is 4.42 Å². The van der Waals surface area contributed by atoms with Crippen molar-refractivity contribution in [2.75, 3.05) is 0 Å².